The minimum Gasteiger partial charge on any atom is -0.491 e. The molecule has 2 N–H and O–H groups in total. The van der Waals surface area contributed by atoms with Gasteiger partial charge in [-0.15, -0.1) is 0 Å². The third-order valence-electron chi connectivity index (χ3n) is 3.02. The second-order valence-electron chi connectivity index (χ2n) is 4.83. The highest BCUT2D eigenvalue weighted by Crippen LogP contribution is 2.27. The van der Waals surface area contributed by atoms with E-state index in [9.17, 15) is 9.59 Å². The molecule has 2 aromatic carbocycles. The molecule has 2 rings (SSSR count). The van der Waals surface area contributed by atoms with E-state index in [0.29, 0.717) is 28.6 Å². The van der Waals surface area contributed by atoms with Gasteiger partial charge in [0.2, 0.25) is 0 Å². The summed E-state index contributed by atoms with van der Waals surface area (Å²) in [7, 11) is 0. The Kier molecular flexibility index (Phi) is 5.60. The van der Waals surface area contributed by atoms with Gasteiger partial charge in [0.15, 0.2) is 0 Å². The Hall–Kier alpha value is -2.53. The summed E-state index contributed by atoms with van der Waals surface area (Å²) in [5.74, 6) is -1.05. The fourth-order valence-electron chi connectivity index (χ4n) is 1.92. The van der Waals surface area contributed by atoms with Crippen molar-refractivity contribution >= 4 is 29.2 Å². The Bertz CT molecular complexity index is 730. The molecule has 0 aromatic heterocycles. The fraction of sp³-hybridized carbons (Fsp3) is 0.176. The van der Waals surface area contributed by atoms with Crippen LogP contribution in [0, 0.1) is 0 Å². The first kappa shape index (κ1) is 16.8. The van der Waals surface area contributed by atoms with Crippen molar-refractivity contribution in [3.8, 4) is 5.75 Å². The minimum atomic E-state index is -1.08. The number of carboxylic acid groups (broad SMARTS) is 1. The molecule has 0 fully saturated rings. The average Bonchev–Trinajstić information content (AvgIpc) is 2.53. The SMILES string of the molecule is CCCOc1ccc(C(=O)O)cc1NC(=O)c1cccc(Cl)c1. The van der Waals surface area contributed by atoms with Crippen LogP contribution in [0.4, 0.5) is 5.69 Å². The lowest BCUT2D eigenvalue weighted by Crippen LogP contribution is -2.14. The van der Waals surface area contributed by atoms with Gasteiger partial charge in [0.25, 0.3) is 5.91 Å². The van der Waals surface area contributed by atoms with Gasteiger partial charge in [0, 0.05) is 10.6 Å². The van der Waals surface area contributed by atoms with Crippen LogP contribution in [0.2, 0.25) is 5.02 Å². The highest BCUT2D eigenvalue weighted by atomic mass is 35.5. The predicted octanol–water partition coefficient (Wildman–Crippen LogP) is 4.08. The first-order valence-electron chi connectivity index (χ1n) is 7.08. The van der Waals surface area contributed by atoms with Crippen molar-refractivity contribution in [3.63, 3.8) is 0 Å². The first-order chi connectivity index (χ1) is 11.0. The Morgan fingerprint density at radius 1 is 1.17 bits per heavy atom. The number of carbonyl (C=O) groups is 2. The number of amides is 1. The third-order valence-corrected chi connectivity index (χ3v) is 3.26. The topological polar surface area (TPSA) is 75.6 Å². The molecule has 0 spiro atoms. The summed E-state index contributed by atoms with van der Waals surface area (Å²) in [6.45, 7) is 2.42. The molecule has 0 aliphatic heterocycles. The van der Waals surface area contributed by atoms with Crippen molar-refractivity contribution in [3.05, 3.63) is 58.6 Å². The number of rotatable bonds is 6. The number of hydrogen-bond donors (Lipinski definition) is 2. The lowest BCUT2D eigenvalue weighted by molar-refractivity contribution is 0.0696. The molecule has 6 heteroatoms. The standard InChI is InChI=1S/C17H16ClNO4/c1-2-8-23-15-7-6-12(17(21)22)10-14(15)19-16(20)11-4-3-5-13(18)9-11/h3-7,9-10H,2,8H2,1H3,(H,19,20)(H,21,22). The fourth-order valence-corrected chi connectivity index (χ4v) is 2.11. The van der Waals surface area contributed by atoms with E-state index < -0.39 is 11.9 Å². The van der Waals surface area contributed by atoms with Gasteiger partial charge in [0.05, 0.1) is 17.9 Å². The summed E-state index contributed by atoms with van der Waals surface area (Å²) >= 11 is 5.88. The van der Waals surface area contributed by atoms with Crippen LogP contribution in [0.1, 0.15) is 34.1 Å². The molecular formula is C17H16ClNO4. The zero-order chi connectivity index (χ0) is 16.8. The molecule has 0 radical (unpaired) electrons. The summed E-state index contributed by atoms with van der Waals surface area (Å²) in [5.41, 5.74) is 0.748. The number of nitrogens with one attached hydrogen (secondary N) is 1. The largest absolute Gasteiger partial charge is 0.491 e. The summed E-state index contributed by atoms with van der Waals surface area (Å²) in [6.07, 6.45) is 0.794. The number of carbonyl (C=O) groups excluding carboxylic acids is 1. The van der Waals surface area contributed by atoms with E-state index >= 15 is 0 Å². The number of halogens is 1. The quantitative estimate of drug-likeness (QED) is 0.835. The Balaban J connectivity index is 2.29. The number of ether oxygens (including phenoxy) is 1. The molecule has 0 unspecified atom stereocenters. The molecule has 1 amide bonds. The van der Waals surface area contributed by atoms with Gasteiger partial charge in [-0.1, -0.05) is 24.6 Å². The van der Waals surface area contributed by atoms with E-state index in [1.54, 1.807) is 18.2 Å². The molecule has 23 heavy (non-hydrogen) atoms. The maximum Gasteiger partial charge on any atom is 0.335 e. The summed E-state index contributed by atoms with van der Waals surface area (Å²) < 4.78 is 5.55. The van der Waals surface area contributed by atoms with Gasteiger partial charge < -0.3 is 15.2 Å². The maximum absolute atomic E-state index is 12.3. The third kappa shape index (κ3) is 4.47. The second-order valence-corrected chi connectivity index (χ2v) is 5.27. The predicted molar refractivity (Wildman–Crippen MR) is 88.6 cm³/mol. The van der Waals surface area contributed by atoms with Crippen LogP contribution in [-0.2, 0) is 0 Å². The minimum absolute atomic E-state index is 0.0650. The maximum atomic E-state index is 12.3. The van der Waals surface area contributed by atoms with Crippen LogP contribution < -0.4 is 10.1 Å². The number of aromatic carboxylic acids is 1. The van der Waals surface area contributed by atoms with Crippen LogP contribution in [0.25, 0.3) is 0 Å². The van der Waals surface area contributed by atoms with Crippen molar-refractivity contribution in [2.75, 3.05) is 11.9 Å². The van der Waals surface area contributed by atoms with Crippen LogP contribution >= 0.6 is 11.6 Å². The Morgan fingerprint density at radius 3 is 2.61 bits per heavy atom. The van der Waals surface area contributed by atoms with E-state index in [-0.39, 0.29) is 5.56 Å². The normalized spacial score (nSPS) is 10.2. The molecule has 2 aromatic rings. The van der Waals surface area contributed by atoms with Crippen LogP contribution in [0.15, 0.2) is 42.5 Å². The highest BCUT2D eigenvalue weighted by molar-refractivity contribution is 6.31. The van der Waals surface area contributed by atoms with Crippen LogP contribution in [-0.4, -0.2) is 23.6 Å². The monoisotopic (exact) mass is 333 g/mol. The molecule has 0 atom stereocenters. The molecule has 0 aliphatic carbocycles. The smallest absolute Gasteiger partial charge is 0.335 e. The number of benzene rings is 2. The molecule has 0 heterocycles. The molecule has 0 saturated carbocycles. The molecular weight excluding hydrogens is 318 g/mol. The van der Waals surface area contributed by atoms with Crippen molar-refractivity contribution < 1.29 is 19.4 Å². The van der Waals surface area contributed by atoms with E-state index in [0.717, 1.165) is 6.42 Å². The zero-order valence-electron chi connectivity index (χ0n) is 12.5. The summed E-state index contributed by atoms with van der Waals surface area (Å²) in [6, 6.07) is 10.8. The molecule has 5 nitrogen and oxygen atoms in total. The van der Waals surface area contributed by atoms with Crippen molar-refractivity contribution in [1.29, 1.82) is 0 Å². The van der Waals surface area contributed by atoms with Crippen molar-refractivity contribution in [2.45, 2.75) is 13.3 Å². The number of carboxylic acids is 1. The second kappa shape index (κ2) is 7.65. The molecule has 0 aliphatic rings. The van der Waals surface area contributed by atoms with Crippen molar-refractivity contribution in [1.82, 2.24) is 0 Å². The van der Waals surface area contributed by atoms with Gasteiger partial charge in [-0.3, -0.25) is 4.79 Å². The molecule has 0 saturated heterocycles. The number of hydrogen-bond acceptors (Lipinski definition) is 3. The van der Waals surface area contributed by atoms with E-state index in [4.69, 9.17) is 21.4 Å². The van der Waals surface area contributed by atoms with Crippen LogP contribution in [0.5, 0.6) is 5.75 Å². The summed E-state index contributed by atoms with van der Waals surface area (Å²) in [5, 5.41) is 12.2. The van der Waals surface area contributed by atoms with Crippen molar-refractivity contribution in [2.24, 2.45) is 0 Å². The average molecular weight is 334 g/mol. The van der Waals surface area contributed by atoms with E-state index in [2.05, 4.69) is 5.32 Å². The Labute approximate surface area is 138 Å². The van der Waals surface area contributed by atoms with Gasteiger partial charge >= 0.3 is 5.97 Å². The van der Waals surface area contributed by atoms with Gasteiger partial charge in [-0.05, 0) is 42.8 Å². The van der Waals surface area contributed by atoms with Crippen LogP contribution in [0.3, 0.4) is 0 Å². The molecule has 120 valence electrons. The lowest BCUT2D eigenvalue weighted by Gasteiger charge is -2.13. The molecule has 0 bridgehead atoms. The summed E-state index contributed by atoms with van der Waals surface area (Å²) in [4.78, 5) is 23.4. The number of anilines is 1. The van der Waals surface area contributed by atoms with E-state index in [1.165, 1.54) is 24.3 Å². The van der Waals surface area contributed by atoms with Gasteiger partial charge in [-0.2, -0.15) is 0 Å². The zero-order valence-corrected chi connectivity index (χ0v) is 13.3. The highest BCUT2D eigenvalue weighted by Gasteiger charge is 2.13. The van der Waals surface area contributed by atoms with Gasteiger partial charge in [0.1, 0.15) is 5.75 Å². The van der Waals surface area contributed by atoms with Gasteiger partial charge in [-0.25, -0.2) is 4.79 Å². The first-order valence-corrected chi connectivity index (χ1v) is 7.46. The lowest BCUT2D eigenvalue weighted by atomic mass is 10.1. The van der Waals surface area contributed by atoms with E-state index in [1.807, 2.05) is 6.92 Å². The Morgan fingerprint density at radius 2 is 1.96 bits per heavy atom.